The van der Waals surface area contributed by atoms with Gasteiger partial charge in [-0.1, -0.05) is 11.2 Å². The average Bonchev–Trinajstić information content (AvgIpc) is 2.97. The van der Waals surface area contributed by atoms with Crippen molar-refractivity contribution in [1.82, 2.24) is 20.4 Å². The molecule has 0 spiro atoms. The second-order valence-electron chi connectivity index (χ2n) is 5.46. The summed E-state index contributed by atoms with van der Waals surface area (Å²) in [5.74, 6) is 1.75. The van der Waals surface area contributed by atoms with Gasteiger partial charge in [0.05, 0.1) is 0 Å². The molecule has 0 amide bonds. The molecule has 0 unspecified atom stereocenters. The summed E-state index contributed by atoms with van der Waals surface area (Å²) >= 11 is 0. The van der Waals surface area contributed by atoms with Gasteiger partial charge in [-0.25, -0.2) is 4.98 Å². The lowest BCUT2D eigenvalue weighted by Crippen LogP contribution is -2.29. The summed E-state index contributed by atoms with van der Waals surface area (Å²) in [6.07, 6.45) is 4.55. The summed E-state index contributed by atoms with van der Waals surface area (Å²) in [5.41, 5.74) is 1.74. The molecule has 0 saturated heterocycles. The predicted octanol–water partition coefficient (Wildman–Crippen LogP) is 2.69. The maximum Gasteiger partial charge on any atom is 0.230 e. The fourth-order valence-electron chi connectivity index (χ4n) is 2.80. The lowest BCUT2D eigenvalue weighted by atomic mass is 9.86. The Kier molecular flexibility index (Phi) is 3.78. The third kappa shape index (κ3) is 2.72. The van der Waals surface area contributed by atoms with Crippen LogP contribution < -0.4 is 5.32 Å². The van der Waals surface area contributed by atoms with Gasteiger partial charge in [-0.2, -0.15) is 4.98 Å². The minimum Gasteiger partial charge on any atom is -0.339 e. The lowest BCUT2D eigenvalue weighted by molar-refractivity contribution is 0.288. The second kappa shape index (κ2) is 5.71. The summed E-state index contributed by atoms with van der Waals surface area (Å²) < 4.78 is 5.45. The van der Waals surface area contributed by atoms with Crippen molar-refractivity contribution in [3.8, 4) is 11.5 Å². The zero-order valence-corrected chi connectivity index (χ0v) is 12.0. The highest BCUT2D eigenvalue weighted by atomic mass is 16.5. The van der Waals surface area contributed by atoms with Crippen molar-refractivity contribution in [3.05, 3.63) is 29.8 Å². The van der Waals surface area contributed by atoms with Crippen LogP contribution in [0.2, 0.25) is 0 Å². The number of hydrogen-bond acceptors (Lipinski definition) is 5. The molecule has 0 atom stereocenters. The van der Waals surface area contributed by atoms with Gasteiger partial charge in [0, 0.05) is 17.7 Å². The van der Waals surface area contributed by atoms with Crippen LogP contribution in [0.25, 0.3) is 11.5 Å². The summed E-state index contributed by atoms with van der Waals surface area (Å²) in [5, 5.41) is 7.41. The number of aromatic nitrogens is 3. The molecule has 1 aliphatic carbocycles. The highest BCUT2D eigenvalue weighted by Gasteiger charge is 2.26. The predicted molar refractivity (Wildman–Crippen MR) is 76.3 cm³/mol. The Morgan fingerprint density at radius 2 is 1.95 bits per heavy atom. The third-order valence-corrected chi connectivity index (χ3v) is 4.04. The Balaban J connectivity index is 1.74. The van der Waals surface area contributed by atoms with Crippen LogP contribution in [0, 0.1) is 6.92 Å². The van der Waals surface area contributed by atoms with E-state index in [4.69, 9.17) is 4.52 Å². The summed E-state index contributed by atoms with van der Waals surface area (Å²) in [4.78, 5) is 8.97. The smallest absolute Gasteiger partial charge is 0.230 e. The molecule has 2 aromatic heterocycles. The molecule has 2 heterocycles. The Labute approximate surface area is 118 Å². The highest BCUT2D eigenvalue weighted by Crippen LogP contribution is 2.32. The van der Waals surface area contributed by atoms with Crippen LogP contribution in [0.3, 0.4) is 0 Å². The Bertz CT molecular complexity index is 573. The van der Waals surface area contributed by atoms with E-state index in [1.54, 1.807) is 0 Å². The normalized spacial score (nSPS) is 22.9. The van der Waals surface area contributed by atoms with E-state index in [2.05, 4.69) is 20.4 Å². The quantitative estimate of drug-likeness (QED) is 0.930. The monoisotopic (exact) mass is 272 g/mol. The van der Waals surface area contributed by atoms with Crippen molar-refractivity contribution in [1.29, 1.82) is 0 Å². The topological polar surface area (TPSA) is 63.8 Å². The number of nitrogens with one attached hydrogen (secondary N) is 1. The first-order valence-electron chi connectivity index (χ1n) is 7.21. The van der Waals surface area contributed by atoms with E-state index in [0.29, 0.717) is 17.8 Å². The van der Waals surface area contributed by atoms with E-state index in [1.165, 1.54) is 12.8 Å². The standard InChI is InChI=1S/C15H20N4O/c1-10-4-3-5-13(17-10)14-18-15(20-19-14)11-6-8-12(16-2)9-7-11/h3-5,11-12,16H,6-9H2,1-2H3. The average molecular weight is 272 g/mol. The number of hydrogen-bond donors (Lipinski definition) is 1. The zero-order chi connectivity index (χ0) is 13.9. The molecule has 0 radical (unpaired) electrons. The molecule has 5 nitrogen and oxygen atoms in total. The van der Waals surface area contributed by atoms with E-state index in [0.717, 1.165) is 30.1 Å². The number of aryl methyl sites for hydroxylation is 1. The molecule has 5 heteroatoms. The van der Waals surface area contributed by atoms with Crippen molar-refractivity contribution in [2.45, 2.75) is 44.6 Å². The van der Waals surface area contributed by atoms with Crippen molar-refractivity contribution in [2.24, 2.45) is 0 Å². The van der Waals surface area contributed by atoms with Crippen LogP contribution >= 0.6 is 0 Å². The molecule has 1 saturated carbocycles. The molecule has 0 aliphatic heterocycles. The van der Waals surface area contributed by atoms with E-state index in [1.807, 2.05) is 32.2 Å². The Morgan fingerprint density at radius 3 is 2.65 bits per heavy atom. The first-order valence-corrected chi connectivity index (χ1v) is 7.21. The van der Waals surface area contributed by atoms with Gasteiger partial charge in [0.25, 0.3) is 0 Å². The van der Waals surface area contributed by atoms with Crippen molar-refractivity contribution >= 4 is 0 Å². The molecule has 2 aromatic rings. The van der Waals surface area contributed by atoms with Crippen LogP contribution in [0.5, 0.6) is 0 Å². The number of nitrogens with zero attached hydrogens (tertiary/aromatic N) is 3. The fraction of sp³-hybridized carbons (Fsp3) is 0.533. The summed E-state index contributed by atoms with van der Waals surface area (Å²) in [7, 11) is 2.03. The van der Waals surface area contributed by atoms with Crippen molar-refractivity contribution in [3.63, 3.8) is 0 Å². The molecule has 1 fully saturated rings. The van der Waals surface area contributed by atoms with Gasteiger partial charge < -0.3 is 9.84 Å². The lowest BCUT2D eigenvalue weighted by Gasteiger charge is -2.25. The molecule has 0 bridgehead atoms. The second-order valence-corrected chi connectivity index (χ2v) is 5.46. The summed E-state index contributed by atoms with van der Waals surface area (Å²) in [6.45, 7) is 1.96. The number of pyridine rings is 1. The van der Waals surface area contributed by atoms with Gasteiger partial charge in [-0.05, 0) is 51.8 Å². The molecular weight excluding hydrogens is 252 g/mol. The van der Waals surface area contributed by atoms with E-state index < -0.39 is 0 Å². The highest BCUT2D eigenvalue weighted by molar-refractivity contribution is 5.48. The van der Waals surface area contributed by atoms with Crippen LogP contribution in [0.15, 0.2) is 22.7 Å². The minimum absolute atomic E-state index is 0.394. The first kappa shape index (κ1) is 13.2. The number of rotatable bonds is 3. The molecule has 3 rings (SSSR count). The van der Waals surface area contributed by atoms with Crippen LogP contribution in [-0.4, -0.2) is 28.2 Å². The third-order valence-electron chi connectivity index (χ3n) is 4.04. The molecule has 0 aromatic carbocycles. The Morgan fingerprint density at radius 1 is 1.15 bits per heavy atom. The van der Waals surface area contributed by atoms with Crippen LogP contribution in [0.1, 0.15) is 43.2 Å². The van der Waals surface area contributed by atoms with E-state index >= 15 is 0 Å². The maximum absolute atomic E-state index is 5.45. The maximum atomic E-state index is 5.45. The fourth-order valence-corrected chi connectivity index (χ4v) is 2.80. The van der Waals surface area contributed by atoms with Gasteiger partial charge in [0.15, 0.2) is 0 Å². The minimum atomic E-state index is 0.394. The molecular formula is C15H20N4O. The van der Waals surface area contributed by atoms with Gasteiger partial charge >= 0.3 is 0 Å². The van der Waals surface area contributed by atoms with Crippen LogP contribution in [-0.2, 0) is 0 Å². The van der Waals surface area contributed by atoms with Crippen LogP contribution in [0.4, 0.5) is 0 Å². The first-order chi connectivity index (χ1) is 9.76. The summed E-state index contributed by atoms with van der Waals surface area (Å²) in [6, 6.07) is 6.47. The molecule has 1 N–H and O–H groups in total. The van der Waals surface area contributed by atoms with E-state index in [-0.39, 0.29) is 0 Å². The van der Waals surface area contributed by atoms with Gasteiger partial charge in [0.1, 0.15) is 5.69 Å². The SMILES string of the molecule is CNC1CCC(c2nc(-c3cccc(C)n3)no2)CC1. The largest absolute Gasteiger partial charge is 0.339 e. The molecule has 20 heavy (non-hydrogen) atoms. The van der Waals surface area contributed by atoms with Gasteiger partial charge in [-0.15, -0.1) is 0 Å². The zero-order valence-electron chi connectivity index (χ0n) is 12.0. The van der Waals surface area contributed by atoms with Crippen molar-refractivity contribution in [2.75, 3.05) is 7.05 Å². The molecule has 106 valence electrons. The Hall–Kier alpha value is -1.75. The van der Waals surface area contributed by atoms with E-state index in [9.17, 15) is 0 Å². The van der Waals surface area contributed by atoms with Crippen molar-refractivity contribution < 1.29 is 4.52 Å². The van der Waals surface area contributed by atoms with Gasteiger partial charge in [0.2, 0.25) is 11.7 Å². The molecule has 1 aliphatic rings. The van der Waals surface area contributed by atoms with Gasteiger partial charge in [-0.3, -0.25) is 0 Å².